The highest BCUT2D eigenvalue weighted by molar-refractivity contribution is 7.89. The van der Waals surface area contributed by atoms with E-state index in [0.29, 0.717) is 10.7 Å². The van der Waals surface area contributed by atoms with Gasteiger partial charge in [0.25, 0.3) is 10.0 Å². The van der Waals surface area contributed by atoms with Crippen molar-refractivity contribution in [2.45, 2.75) is 11.6 Å². The monoisotopic (exact) mass is 350 g/mol. The van der Waals surface area contributed by atoms with Crippen LogP contribution in [-0.4, -0.2) is 22.8 Å². The highest BCUT2D eigenvalue weighted by Gasteiger charge is 2.24. The van der Waals surface area contributed by atoms with Gasteiger partial charge in [-0.1, -0.05) is 22.9 Å². The summed E-state index contributed by atoms with van der Waals surface area (Å²) in [5.41, 5.74) is 0.491. The third kappa shape index (κ3) is 2.40. The molecule has 0 aliphatic carbocycles. The average Bonchev–Trinajstić information content (AvgIpc) is 3.02. The van der Waals surface area contributed by atoms with Crippen LogP contribution >= 0.6 is 34.3 Å². The van der Waals surface area contributed by atoms with Crippen LogP contribution in [0.5, 0.6) is 0 Å². The number of aromatic nitrogens is 3. The minimum absolute atomic E-state index is 0.0191. The van der Waals surface area contributed by atoms with E-state index in [2.05, 4.69) is 14.7 Å². The third-order valence-corrected chi connectivity index (χ3v) is 5.73. The molecular formula is C9H7ClN4O3S3. The fraction of sp³-hybridized carbons (Fsp3) is 0.111. The van der Waals surface area contributed by atoms with Gasteiger partial charge in [0.2, 0.25) is 0 Å². The minimum atomic E-state index is -3.83. The Bertz CT molecular complexity index is 920. The van der Waals surface area contributed by atoms with Gasteiger partial charge in [0, 0.05) is 22.7 Å². The molecule has 3 aromatic heterocycles. The molecule has 0 saturated carbocycles. The number of H-pyrrole nitrogens is 1. The van der Waals surface area contributed by atoms with Crippen molar-refractivity contribution in [3.05, 3.63) is 37.5 Å². The van der Waals surface area contributed by atoms with Crippen molar-refractivity contribution >= 4 is 49.3 Å². The molecule has 11 heteroatoms. The number of rotatable bonds is 4. The molecule has 0 atom stereocenters. The van der Waals surface area contributed by atoms with E-state index in [0.717, 1.165) is 11.3 Å². The molecule has 0 amide bonds. The van der Waals surface area contributed by atoms with Gasteiger partial charge in [0.15, 0.2) is 15.1 Å². The first-order valence-electron chi connectivity index (χ1n) is 5.25. The molecule has 0 aromatic carbocycles. The minimum Gasteiger partial charge on any atom is -0.315 e. The quantitative estimate of drug-likeness (QED) is 0.740. The molecule has 20 heavy (non-hydrogen) atoms. The number of aromatic amines is 1. The molecule has 0 aliphatic rings. The first-order chi connectivity index (χ1) is 9.47. The number of thiazole rings is 2. The Kier molecular flexibility index (Phi) is 3.42. The maximum atomic E-state index is 12.3. The molecule has 2 N–H and O–H groups in total. The number of nitrogens with one attached hydrogen (secondary N) is 2. The SMILES string of the molecule is O=c1[nH]c(CNS(=O)(=O)c2c(Cl)nc3sccn23)cs1. The Morgan fingerprint density at radius 3 is 2.95 bits per heavy atom. The van der Waals surface area contributed by atoms with Crippen molar-refractivity contribution in [1.29, 1.82) is 0 Å². The van der Waals surface area contributed by atoms with Crippen LogP contribution in [0.15, 0.2) is 26.8 Å². The lowest BCUT2D eigenvalue weighted by molar-refractivity contribution is 0.576. The van der Waals surface area contributed by atoms with E-state index in [1.54, 1.807) is 17.0 Å². The predicted octanol–water partition coefficient (Wildman–Crippen LogP) is 1.28. The number of imidazole rings is 1. The second-order valence-electron chi connectivity index (χ2n) is 3.76. The van der Waals surface area contributed by atoms with Crippen molar-refractivity contribution in [3.63, 3.8) is 0 Å². The summed E-state index contributed by atoms with van der Waals surface area (Å²) in [6, 6.07) is 0. The summed E-state index contributed by atoms with van der Waals surface area (Å²) >= 11 is 8.14. The Labute approximate surface area is 125 Å². The van der Waals surface area contributed by atoms with Crippen molar-refractivity contribution in [2.24, 2.45) is 0 Å². The van der Waals surface area contributed by atoms with Gasteiger partial charge in [-0.05, 0) is 0 Å². The molecule has 0 radical (unpaired) electrons. The first kappa shape index (κ1) is 13.8. The topological polar surface area (TPSA) is 96.3 Å². The Morgan fingerprint density at radius 2 is 2.25 bits per heavy atom. The lowest BCUT2D eigenvalue weighted by Crippen LogP contribution is -2.25. The Morgan fingerprint density at radius 1 is 1.45 bits per heavy atom. The van der Waals surface area contributed by atoms with Gasteiger partial charge < -0.3 is 4.98 Å². The third-order valence-electron chi connectivity index (χ3n) is 2.46. The number of sulfonamides is 1. The van der Waals surface area contributed by atoms with Crippen molar-refractivity contribution in [1.82, 2.24) is 19.1 Å². The molecule has 106 valence electrons. The van der Waals surface area contributed by atoms with Crippen LogP contribution in [0.4, 0.5) is 0 Å². The zero-order valence-electron chi connectivity index (χ0n) is 9.66. The van der Waals surface area contributed by atoms with Gasteiger partial charge in [-0.15, -0.1) is 11.3 Å². The summed E-state index contributed by atoms with van der Waals surface area (Å²) in [5, 5.41) is 3.09. The summed E-state index contributed by atoms with van der Waals surface area (Å²) in [7, 11) is -3.83. The summed E-state index contributed by atoms with van der Waals surface area (Å²) in [6.45, 7) is -0.0191. The first-order valence-corrected chi connectivity index (χ1v) is 8.87. The van der Waals surface area contributed by atoms with Gasteiger partial charge in [0.1, 0.15) is 0 Å². The highest BCUT2D eigenvalue weighted by atomic mass is 35.5. The van der Waals surface area contributed by atoms with E-state index in [9.17, 15) is 13.2 Å². The lowest BCUT2D eigenvalue weighted by Gasteiger charge is -2.04. The van der Waals surface area contributed by atoms with E-state index < -0.39 is 10.0 Å². The van der Waals surface area contributed by atoms with E-state index in [1.807, 2.05) is 0 Å². The molecule has 7 nitrogen and oxygen atoms in total. The molecule has 3 rings (SSSR count). The summed E-state index contributed by atoms with van der Waals surface area (Å²) in [5.74, 6) is 0. The fourth-order valence-electron chi connectivity index (χ4n) is 1.62. The van der Waals surface area contributed by atoms with Crippen LogP contribution in [0.25, 0.3) is 4.96 Å². The Balaban J connectivity index is 1.93. The van der Waals surface area contributed by atoms with Crippen molar-refractivity contribution in [3.8, 4) is 0 Å². The molecule has 0 unspecified atom stereocenters. The van der Waals surface area contributed by atoms with E-state index in [4.69, 9.17) is 11.6 Å². The number of nitrogens with zero attached hydrogens (tertiary/aromatic N) is 2. The molecule has 0 fully saturated rings. The zero-order valence-corrected chi connectivity index (χ0v) is 12.9. The van der Waals surface area contributed by atoms with Crippen molar-refractivity contribution in [2.75, 3.05) is 0 Å². The summed E-state index contributed by atoms with van der Waals surface area (Å²) in [6.07, 6.45) is 1.58. The van der Waals surface area contributed by atoms with Gasteiger partial charge in [-0.2, -0.15) is 0 Å². The normalized spacial score (nSPS) is 12.2. The fourth-order valence-corrected chi connectivity index (χ4v) is 4.66. The summed E-state index contributed by atoms with van der Waals surface area (Å²) in [4.78, 5) is 17.7. The molecule has 3 heterocycles. The zero-order chi connectivity index (χ0) is 14.3. The molecule has 0 bridgehead atoms. The van der Waals surface area contributed by atoms with Crippen LogP contribution < -0.4 is 9.60 Å². The van der Waals surface area contributed by atoms with Crippen LogP contribution in [0, 0.1) is 0 Å². The molecule has 0 spiro atoms. The number of hydrogen-bond acceptors (Lipinski definition) is 6. The standard InChI is InChI=1S/C9H7ClN4O3S3/c10-6-7(14-1-2-18-8(14)13-6)20(16,17)11-3-5-4-19-9(15)12-5/h1-2,4,11H,3H2,(H,12,15). The maximum absolute atomic E-state index is 12.3. The average molecular weight is 351 g/mol. The molecular weight excluding hydrogens is 344 g/mol. The second kappa shape index (κ2) is 4.97. The van der Waals surface area contributed by atoms with E-state index >= 15 is 0 Å². The van der Waals surface area contributed by atoms with E-state index in [1.165, 1.54) is 15.7 Å². The van der Waals surface area contributed by atoms with Gasteiger partial charge >= 0.3 is 4.87 Å². The highest BCUT2D eigenvalue weighted by Crippen LogP contribution is 2.25. The predicted molar refractivity (Wildman–Crippen MR) is 77.0 cm³/mol. The van der Waals surface area contributed by atoms with Crippen molar-refractivity contribution < 1.29 is 8.42 Å². The van der Waals surface area contributed by atoms with Crippen LogP contribution in [0.3, 0.4) is 0 Å². The Hall–Kier alpha value is -1.20. The number of hydrogen-bond donors (Lipinski definition) is 2. The van der Waals surface area contributed by atoms with Crippen LogP contribution in [0.2, 0.25) is 5.15 Å². The van der Waals surface area contributed by atoms with Crippen LogP contribution in [0.1, 0.15) is 5.69 Å². The van der Waals surface area contributed by atoms with Gasteiger partial charge in [-0.25, -0.2) is 18.1 Å². The molecule has 3 aromatic rings. The second-order valence-corrected chi connectivity index (χ2v) is 7.52. The number of fused-ring (bicyclic) bond motifs is 1. The van der Waals surface area contributed by atoms with Gasteiger partial charge in [0.05, 0.1) is 6.54 Å². The van der Waals surface area contributed by atoms with E-state index in [-0.39, 0.29) is 21.6 Å². The molecule has 0 aliphatic heterocycles. The lowest BCUT2D eigenvalue weighted by atomic mass is 10.5. The van der Waals surface area contributed by atoms with Gasteiger partial charge in [-0.3, -0.25) is 9.20 Å². The summed E-state index contributed by atoms with van der Waals surface area (Å²) < 4.78 is 28.3. The smallest absolute Gasteiger partial charge is 0.304 e. The molecule has 0 saturated heterocycles. The maximum Gasteiger partial charge on any atom is 0.304 e. The largest absolute Gasteiger partial charge is 0.315 e. The number of halogens is 1. The van der Waals surface area contributed by atoms with Crippen LogP contribution in [-0.2, 0) is 16.6 Å².